The second-order valence-corrected chi connectivity index (χ2v) is 6.79. The summed E-state index contributed by atoms with van der Waals surface area (Å²) in [4.78, 5) is 0. The van der Waals surface area contributed by atoms with Crippen molar-refractivity contribution in [2.45, 2.75) is 40.8 Å². The fourth-order valence-corrected chi connectivity index (χ4v) is 2.91. The van der Waals surface area contributed by atoms with Gasteiger partial charge in [-0.25, -0.2) is 9.13 Å². The second-order valence-electron chi connectivity index (χ2n) is 6.79. The van der Waals surface area contributed by atoms with Gasteiger partial charge in [-0.3, -0.25) is 0 Å². The Labute approximate surface area is 178 Å². The summed E-state index contributed by atoms with van der Waals surface area (Å²) < 4.78 is 4.51. The Morgan fingerprint density at radius 2 is 1.04 bits per heavy atom. The van der Waals surface area contributed by atoms with Gasteiger partial charge >= 0.3 is 0 Å². The van der Waals surface area contributed by atoms with Crippen LogP contribution in [0.15, 0.2) is 61.2 Å². The molecule has 0 spiro atoms. The smallest absolute Gasteiger partial charge is 0.173 e. The molecule has 0 unspecified atom stereocenters. The van der Waals surface area contributed by atoms with E-state index in [2.05, 4.69) is 98.0 Å². The standard InChI is InChI=1S/C22H26N2.2BrH/c1-17-8-10-23(13-19(17)3)15-21-6-5-7-22(12-21)16-24-11-9-18(2)20(4)14-24;;/h5-14H,15-16H2,1-4H3;2*1H/q+2;;/p-2. The minimum absolute atomic E-state index is 0. The molecule has 0 bridgehead atoms. The number of aromatic nitrogens is 2. The molecule has 0 aliphatic carbocycles. The van der Waals surface area contributed by atoms with Crippen LogP contribution < -0.4 is 43.1 Å². The van der Waals surface area contributed by atoms with Gasteiger partial charge in [0.25, 0.3) is 0 Å². The highest BCUT2D eigenvalue weighted by molar-refractivity contribution is 5.23. The number of hydrogen-bond donors (Lipinski definition) is 0. The Morgan fingerprint density at radius 1 is 0.615 bits per heavy atom. The molecule has 0 fully saturated rings. The summed E-state index contributed by atoms with van der Waals surface area (Å²) in [6.45, 7) is 10.5. The third-order valence-electron chi connectivity index (χ3n) is 4.72. The molecule has 2 heterocycles. The molecule has 3 aromatic rings. The van der Waals surface area contributed by atoms with Crippen LogP contribution in [0.1, 0.15) is 33.4 Å². The molecule has 0 aliphatic rings. The molecular weight excluding hydrogens is 452 g/mol. The first-order valence-electron chi connectivity index (χ1n) is 8.52. The largest absolute Gasteiger partial charge is 1.00 e. The van der Waals surface area contributed by atoms with E-state index >= 15 is 0 Å². The fourth-order valence-electron chi connectivity index (χ4n) is 2.91. The van der Waals surface area contributed by atoms with Crippen molar-refractivity contribution in [1.29, 1.82) is 0 Å². The zero-order valence-electron chi connectivity index (χ0n) is 15.8. The molecule has 0 N–H and O–H groups in total. The molecule has 4 heteroatoms. The van der Waals surface area contributed by atoms with E-state index in [1.165, 1.54) is 33.4 Å². The Kier molecular flexibility index (Phi) is 8.65. The summed E-state index contributed by atoms with van der Waals surface area (Å²) in [5, 5.41) is 0. The van der Waals surface area contributed by atoms with Crippen LogP contribution in [0.3, 0.4) is 0 Å². The summed E-state index contributed by atoms with van der Waals surface area (Å²) in [6.07, 6.45) is 8.76. The van der Waals surface area contributed by atoms with Crippen molar-refractivity contribution in [3.05, 3.63) is 94.6 Å². The lowest BCUT2D eigenvalue weighted by Gasteiger charge is -2.04. The number of rotatable bonds is 4. The average Bonchev–Trinajstić information content (AvgIpc) is 2.55. The maximum Gasteiger partial charge on any atom is 0.173 e. The number of pyridine rings is 2. The van der Waals surface area contributed by atoms with Crippen molar-refractivity contribution < 1.29 is 43.1 Å². The maximum absolute atomic E-state index is 2.31. The van der Waals surface area contributed by atoms with Crippen LogP contribution in [0.4, 0.5) is 0 Å². The molecule has 2 aromatic heterocycles. The van der Waals surface area contributed by atoms with Gasteiger partial charge in [-0.15, -0.1) is 0 Å². The Bertz CT molecular complexity index is 807. The monoisotopic (exact) mass is 476 g/mol. The zero-order chi connectivity index (χ0) is 17.1. The van der Waals surface area contributed by atoms with Crippen molar-refractivity contribution in [1.82, 2.24) is 0 Å². The first-order valence-corrected chi connectivity index (χ1v) is 8.52. The van der Waals surface area contributed by atoms with Gasteiger partial charge in [0, 0.05) is 34.4 Å². The second kappa shape index (κ2) is 9.98. The van der Waals surface area contributed by atoms with E-state index in [-0.39, 0.29) is 34.0 Å². The number of halogens is 2. The predicted octanol–water partition coefficient (Wildman–Crippen LogP) is -2.40. The zero-order valence-corrected chi connectivity index (χ0v) is 19.0. The van der Waals surface area contributed by atoms with Crippen molar-refractivity contribution in [3.8, 4) is 0 Å². The Hall–Kier alpha value is -1.52. The van der Waals surface area contributed by atoms with E-state index in [0.29, 0.717) is 0 Å². The highest BCUT2D eigenvalue weighted by Gasteiger charge is 2.08. The minimum Gasteiger partial charge on any atom is -1.00 e. The first kappa shape index (κ1) is 22.5. The van der Waals surface area contributed by atoms with E-state index in [1.807, 2.05) is 0 Å². The third kappa shape index (κ3) is 5.75. The van der Waals surface area contributed by atoms with Gasteiger partial charge < -0.3 is 34.0 Å². The highest BCUT2D eigenvalue weighted by atomic mass is 79.9. The van der Waals surface area contributed by atoms with Crippen LogP contribution >= 0.6 is 0 Å². The van der Waals surface area contributed by atoms with Gasteiger partial charge in [0.1, 0.15) is 0 Å². The number of hydrogen-bond acceptors (Lipinski definition) is 0. The summed E-state index contributed by atoms with van der Waals surface area (Å²) in [5.41, 5.74) is 8.02. The molecule has 0 amide bonds. The number of nitrogens with zero attached hydrogens (tertiary/aromatic N) is 2. The molecule has 26 heavy (non-hydrogen) atoms. The van der Waals surface area contributed by atoms with Crippen LogP contribution in [0, 0.1) is 27.7 Å². The number of aryl methyl sites for hydroxylation is 4. The van der Waals surface area contributed by atoms with E-state index in [1.54, 1.807) is 0 Å². The predicted molar refractivity (Wildman–Crippen MR) is 96.9 cm³/mol. The van der Waals surface area contributed by atoms with Crippen LogP contribution in [-0.2, 0) is 13.1 Å². The number of benzene rings is 1. The molecule has 2 nitrogen and oxygen atoms in total. The summed E-state index contributed by atoms with van der Waals surface area (Å²) >= 11 is 0. The molecule has 3 rings (SSSR count). The molecule has 0 aliphatic heterocycles. The van der Waals surface area contributed by atoms with Crippen molar-refractivity contribution in [3.63, 3.8) is 0 Å². The Balaban J connectivity index is 0.00000169. The third-order valence-corrected chi connectivity index (χ3v) is 4.72. The topological polar surface area (TPSA) is 7.76 Å². The average molecular weight is 478 g/mol. The van der Waals surface area contributed by atoms with Crippen molar-refractivity contribution >= 4 is 0 Å². The molecular formula is C22H26Br2N2. The quantitative estimate of drug-likeness (QED) is 0.370. The van der Waals surface area contributed by atoms with Crippen molar-refractivity contribution in [2.24, 2.45) is 0 Å². The van der Waals surface area contributed by atoms with Gasteiger partial charge in [-0.2, -0.15) is 0 Å². The van der Waals surface area contributed by atoms with Crippen LogP contribution in [-0.4, -0.2) is 0 Å². The molecule has 0 radical (unpaired) electrons. The fraction of sp³-hybridized carbons (Fsp3) is 0.273. The first-order chi connectivity index (χ1) is 11.5. The normalized spacial score (nSPS) is 10.0. The van der Waals surface area contributed by atoms with E-state index in [0.717, 1.165) is 13.1 Å². The van der Waals surface area contributed by atoms with Crippen LogP contribution in [0.5, 0.6) is 0 Å². The highest BCUT2D eigenvalue weighted by Crippen LogP contribution is 2.07. The van der Waals surface area contributed by atoms with Crippen LogP contribution in [0.25, 0.3) is 0 Å². The summed E-state index contributed by atoms with van der Waals surface area (Å²) in [6, 6.07) is 13.2. The van der Waals surface area contributed by atoms with Gasteiger partial charge in [0.05, 0.1) is 0 Å². The van der Waals surface area contributed by atoms with Gasteiger partial charge in [-0.05, 0) is 44.9 Å². The lowest BCUT2D eigenvalue weighted by atomic mass is 10.1. The van der Waals surface area contributed by atoms with Gasteiger partial charge in [0.15, 0.2) is 37.9 Å². The van der Waals surface area contributed by atoms with Gasteiger partial charge in [0.2, 0.25) is 0 Å². The van der Waals surface area contributed by atoms with E-state index in [4.69, 9.17) is 0 Å². The molecule has 0 saturated carbocycles. The maximum atomic E-state index is 2.31. The summed E-state index contributed by atoms with van der Waals surface area (Å²) in [5.74, 6) is 0. The van der Waals surface area contributed by atoms with E-state index < -0.39 is 0 Å². The lowest BCUT2D eigenvalue weighted by Crippen LogP contribution is -3.00. The molecule has 1 aromatic carbocycles. The van der Waals surface area contributed by atoms with Crippen molar-refractivity contribution in [2.75, 3.05) is 0 Å². The summed E-state index contributed by atoms with van der Waals surface area (Å²) in [7, 11) is 0. The van der Waals surface area contributed by atoms with Crippen LogP contribution in [0.2, 0.25) is 0 Å². The van der Waals surface area contributed by atoms with Gasteiger partial charge in [-0.1, -0.05) is 18.2 Å². The SMILES string of the molecule is Cc1cc[n+](Cc2cccc(C[n+]3ccc(C)c(C)c3)c2)cc1C.[Br-].[Br-]. The molecule has 0 atom stereocenters. The lowest BCUT2D eigenvalue weighted by molar-refractivity contribution is -0.689. The molecule has 138 valence electrons. The molecule has 0 saturated heterocycles. The minimum atomic E-state index is 0. The van der Waals surface area contributed by atoms with E-state index in [9.17, 15) is 0 Å². The Morgan fingerprint density at radius 3 is 1.42 bits per heavy atom.